The zero-order valence-electron chi connectivity index (χ0n) is 13.6. The molecule has 24 heavy (non-hydrogen) atoms. The van der Waals surface area contributed by atoms with Gasteiger partial charge in [-0.2, -0.15) is 0 Å². The van der Waals surface area contributed by atoms with Crippen molar-refractivity contribution in [2.24, 2.45) is 0 Å². The summed E-state index contributed by atoms with van der Waals surface area (Å²) in [7, 11) is 0. The zero-order chi connectivity index (χ0) is 16.2. The summed E-state index contributed by atoms with van der Waals surface area (Å²) < 4.78 is 0. The van der Waals surface area contributed by atoms with E-state index in [1.807, 2.05) is 17.0 Å². The number of piperazine rings is 1. The Bertz CT molecular complexity index is 564. The Morgan fingerprint density at radius 2 is 1.96 bits per heavy atom. The minimum absolute atomic E-state index is 0. The average molecular weight is 393 g/mol. The van der Waals surface area contributed by atoms with Crippen molar-refractivity contribution in [3.05, 3.63) is 33.8 Å². The number of hydrogen-bond acceptors (Lipinski definition) is 3. The Kier molecular flexibility index (Phi) is 7.63. The number of amides is 1. The van der Waals surface area contributed by atoms with Crippen LogP contribution < -0.4 is 5.32 Å². The number of aryl methyl sites for hydroxylation is 1. The van der Waals surface area contributed by atoms with Crippen LogP contribution in [0.3, 0.4) is 0 Å². The number of carbonyl (C=O) groups excluding carboxylic acids is 1. The molecule has 1 aromatic rings. The van der Waals surface area contributed by atoms with E-state index in [0.29, 0.717) is 28.9 Å². The van der Waals surface area contributed by atoms with Crippen LogP contribution in [-0.4, -0.2) is 61.0 Å². The summed E-state index contributed by atoms with van der Waals surface area (Å²) in [5.41, 5.74) is 0.988. The lowest BCUT2D eigenvalue weighted by Crippen LogP contribution is -2.49. The van der Waals surface area contributed by atoms with Crippen molar-refractivity contribution in [2.75, 3.05) is 39.3 Å². The van der Waals surface area contributed by atoms with Crippen molar-refractivity contribution in [1.82, 2.24) is 15.1 Å². The minimum Gasteiger partial charge on any atom is -0.341 e. The molecule has 134 valence electrons. The monoisotopic (exact) mass is 391 g/mol. The predicted octanol–water partition coefficient (Wildman–Crippen LogP) is 2.85. The van der Waals surface area contributed by atoms with Gasteiger partial charge in [0.15, 0.2) is 0 Å². The SMILES string of the molecule is Cl.O=C(CCc1ccc(Cl)cc1Cl)N1CCC(N2CCNCC2)C1. The largest absolute Gasteiger partial charge is 0.341 e. The molecule has 2 fully saturated rings. The summed E-state index contributed by atoms with van der Waals surface area (Å²) >= 11 is 12.1. The number of likely N-dealkylation sites (tertiary alicyclic amines) is 1. The fourth-order valence-electron chi connectivity index (χ4n) is 3.44. The average Bonchev–Trinajstić information content (AvgIpc) is 3.05. The Labute approximate surface area is 159 Å². The van der Waals surface area contributed by atoms with Crippen molar-refractivity contribution >= 4 is 41.5 Å². The Balaban J connectivity index is 0.00000208. The summed E-state index contributed by atoms with van der Waals surface area (Å²) in [5.74, 6) is 0.230. The number of carbonyl (C=O) groups is 1. The molecule has 1 atom stereocenters. The van der Waals surface area contributed by atoms with E-state index in [1.165, 1.54) is 0 Å². The topological polar surface area (TPSA) is 35.6 Å². The first kappa shape index (κ1) is 19.8. The Morgan fingerprint density at radius 1 is 1.21 bits per heavy atom. The van der Waals surface area contributed by atoms with Gasteiger partial charge in [0.05, 0.1) is 0 Å². The van der Waals surface area contributed by atoms with Gasteiger partial charge in [-0.05, 0) is 30.5 Å². The third-order valence-electron chi connectivity index (χ3n) is 4.81. The number of benzene rings is 1. The van der Waals surface area contributed by atoms with Gasteiger partial charge >= 0.3 is 0 Å². The van der Waals surface area contributed by atoms with E-state index < -0.39 is 0 Å². The Morgan fingerprint density at radius 3 is 2.67 bits per heavy atom. The van der Waals surface area contributed by atoms with E-state index in [4.69, 9.17) is 23.2 Å². The van der Waals surface area contributed by atoms with Crippen LogP contribution in [0.4, 0.5) is 0 Å². The lowest BCUT2D eigenvalue weighted by molar-refractivity contribution is -0.130. The second-order valence-corrected chi connectivity index (χ2v) is 7.15. The molecule has 0 aliphatic carbocycles. The normalized spacial score (nSPS) is 21.6. The van der Waals surface area contributed by atoms with Crippen LogP contribution in [0.5, 0.6) is 0 Å². The van der Waals surface area contributed by atoms with E-state index in [9.17, 15) is 4.79 Å². The molecule has 1 amide bonds. The highest BCUT2D eigenvalue weighted by Crippen LogP contribution is 2.23. The molecule has 2 aliphatic heterocycles. The van der Waals surface area contributed by atoms with Crippen LogP contribution in [0.25, 0.3) is 0 Å². The molecule has 0 saturated carbocycles. The highest BCUT2D eigenvalue weighted by atomic mass is 35.5. The molecule has 1 unspecified atom stereocenters. The van der Waals surface area contributed by atoms with Crippen LogP contribution in [0.15, 0.2) is 18.2 Å². The van der Waals surface area contributed by atoms with Gasteiger partial charge < -0.3 is 10.2 Å². The maximum Gasteiger partial charge on any atom is 0.222 e. The maximum atomic E-state index is 12.5. The molecule has 0 spiro atoms. The van der Waals surface area contributed by atoms with Crippen molar-refractivity contribution in [2.45, 2.75) is 25.3 Å². The predicted molar refractivity (Wildman–Crippen MR) is 101 cm³/mol. The molecule has 3 rings (SSSR count). The van der Waals surface area contributed by atoms with Gasteiger partial charge in [-0.1, -0.05) is 29.3 Å². The first-order valence-corrected chi connectivity index (χ1v) is 9.05. The van der Waals surface area contributed by atoms with E-state index in [-0.39, 0.29) is 18.3 Å². The second-order valence-electron chi connectivity index (χ2n) is 6.30. The van der Waals surface area contributed by atoms with Gasteiger partial charge in [-0.25, -0.2) is 0 Å². The van der Waals surface area contributed by atoms with Crippen LogP contribution in [0, 0.1) is 0 Å². The first-order valence-electron chi connectivity index (χ1n) is 8.30. The van der Waals surface area contributed by atoms with Gasteiger partial charge in [0.2, 0.25) is 5.91 Å². The minimum atomic E-state index is 0. The highest BCUT2D eigenvalue weighted by Gasteiger charge is 2.30. The molecular weight excluding hydrogens is 369 g/mol. The van der Waals surface area contributed by atoms with E-state index in [2.05, 4.69) is 10.2 Å². The van der Waals surface area contributed by atoms with Crippen LogP contribution >= 0.6 is 35.6 Å². The standard InChI is InChI=1S/C17H23Cl2N3O.ClH/c18-14-3-1-13(16(19)11-14)2-4-17(23)22-8-5-15(12-22)21-9-6-20-7-10-21;/h1,3,11,15,20H,2,4-10,12H2;1H. The quantitative estimate of drug-likeness (QED) is 0.856. The molecule has 0 bridgehead atoms. The van der Waals surface area contributed by atoms with Gasteiger partial charge in [-0.15, -0.1) is 12.4 Å². The van der Waals surface area contributed by atoms with Gasteiger partial charge in [0.25, 0.3) is 0 Å². The van der Waals surface area contributed by atoms with E-state index in [0.717, 1.165) is 51.3 Å². The molecule has 1 aromatic carbocycles. The number of nitrogens with one attached hydrogen (secondary N) is 1. The molecule has 2 heterocycles. The summed E-state index contributed by atoms with van der Waals surface area (Å²) in [6.07, 6.45) is 2.27. The molecule has 2 aliphatic rings. The fraction of sp³-hybridized carbons (Fsp3) is 0.588. The van der Waals surface area contributed by atoms with Crippen molar-refractivity contribution in [1.29, 1.82) is 0 Å². The highest BCUT2D eigenvalue weighted by molar-refractivity contribution is 6.35. The first-order chi connectivity index (χ1) is 11.1. The molecule has 0 aromatic heterocycles. The fourth-order valence-corrected chi connectivity index (χ4v) is 3.94. The lowest BCUT2D eigenvalue weighted by Gasteiger charge is -2.32. The summed E-state index contributed by atoms with van der Waals surface area (Å²) in [6, 6.07) is 5.99. The van der Waals surface area contributed by atoms with Crippen molar-refractivity contribution in [3.8, 4) is 0 Å². The summed E-state index contributed by atoms with van der Waals surface area (Å²) in [4.78, 5) is 17.0. The smallest absolute Gasteiger partial charge is 0.222 e. The van der Waals surface area contributed by atoms with Crippen LogP contribution in [0.1, 0.15) is 18.4 Å². The van der Waals surface area contributed by atoms with Crippen molar-refractivity contribution in [3.63, 3.8) is 0 Å². The number of nitrogens with zero attached hydrogens (tertiary/aromatic N) is 2. The van der Waals surface area contributed by atoms with Gasteiger partial charge in [-0.3, -0.25) is 9.69 Å². The zero-order valence-corrected chi connectivity index (χ0v) is 16.0. The number of halogens is 3. The van der Waals surface area contributed by atoms with Gasteiger partial charge in [0.1, 0.15) is 0 Å². The molecular formula is C17H24Cl3N3O. The third-order valence-corrected chi connectivity index (χ3v) is 5.39. The second kappa shape index (κ2) is 9.25. The van der Waals surface area contributed by atoms with E-state index >= 15 is 0 Å². The molecule has 0 radical (unpaired) electrons. The van der Waals surface area contributed by atoms with Crippen molar-refractivity contribution < 1.29 is 4.79 Å². The molecule has 1 N–H and O–H groups in total. The van der Waals surface area contributed by atoms with Gasteiger partial charge in [0, 0.05) is 61.8 Å². The number of hydrogen-bond donors (Lipinski definition) is 1. The van der Waals surface area contributed by atoms with E-state index in [1.54, 1.807) is 6.07 Å². The summed E-state index contributed by atoms with van der Waals surface area (Å²) in [6.45, 7) is 6.04. The molecule has 4 nitrogen and oxygen atoms in total. The summed E-state index contributed by atoms with van der Waals surface area (Å²) in [5, 5.41) is 4.65. The Hall–Kier alpha value is -0.520. The third kappa shape index (κ3) is 4.99. The van der Waals surface area contributed by atoms with Crippen LogP contribution in [0.2, 0.25) is 10.0 Å². The molecule has 7 heteroatoms. The maximum absolute atomic E-state index is 12.5. The lowest BCUT2D eigenvalue weighted by atomic mass is 10.1. The number of rotatable bonds is 4. The molecule has 2 saturated heterocycles. The van der Waals surface area contributed by atoms with Crippen LogP contribution in [-0.2, 0) is 11.2 Å².